The summed E-state index contributed by atoms with van der Waals surface area (Å²) in [6.45, 7) is 4.37. The van der Waals surface area contributed by atoms with Gasteiger partial charge in [0, 0.05) is 5.69 Å². The second kappa shape index (κ2) is 6.69. The van der Waals surface area contributed by atoms with Crippen molar-refractivity contribution in [2.75, 3.05) is 6.61 Å². The molecule has 0 aliphatic rings. The molecule has 1 aromatic carbocycles. The van der Waals surface area contributed by atoms with Gasteiger partial charge in [-0.1, -0.05) is 6.92 Å². The largest absolute Gasteiger partial charge is 0.494 e. The second-order valence-electron chi connectivity index (χ2n) is 4.40. The van der Waals surface area contributed by atoms with Crippen LogP contribution in [0.4, 0.5) is 0 Å². The van der Waals surface area contributed by atoms with E-state index in [0.29, 0.717) is 18.1 Å². The molecule has 6 nitrogen and oxygen atoms in total. The molecule has 1 heterocycles. The van der Waals surface area contributed by atoms with Crippen LogP contribution in [-0.2, 0) is 0 Å². The Hall–Kier alpha value is -2.63. The number of carboxylic acid groups (broad SMARTS) is 1. The van der Waals surface area contributed by atoms with Gasteiger partial charge in [-0.05, 0) is 43.7 Å². The molecule has 0 fully saturated rings. The van der Waals surface area contributed by atoms with E-state index < -0.39 is 5.97 Å². The summed E-state index contributed by atoms with van der Waals surface area (Å²) in [7, 11) is 0. The highest BCUT2D eigenvalue weighted by Crippen LogP contribution is 2.22. The van der Waals surface area contributed by atoms with Crippen molar-refractivity contribution in [1.82, 2.24) is 9.97 Å². The minimum absolute atomic E-state index is 0.00891. The molecule has 0 aliphatic heterocycles. The summed E-state index contributed by atoms with van der Waals surface area (Å²) in [5, 5.41) is 8.96. The SMILES string of the molecule is CCCOc1ccc(Oc2nc(C)cc(C(=O)O)n2)cc1. The molecule has 1 N–H and O–H groups in total. The van der Waals surface area contributed by atoms with Gasteiger partial charge in [-0.15, -0.1) is 0 Å². The van der Waals surface area contributed by atoms with Crippen LogP contribution in [0, 0.1) is 6.92 Å². The Balaban J connectivity index is 2.12. The first-order valence-corrected chi connectivity index (χ1v) is 6.58. The maximum Gasteiger partial charge on any atom is 0.354 e. The van der Waals surface area contributed by atoms with E-state index >= 15 is 0 Å². The minimum atomic E-state index is -1.12. The van der Waals surface area contributed by atoms with Crippen LogP contribution >= 0.6 is 0 Å². The highest BCUT2D eigenvalue weighted by atomic mass is 16.5. The fourth-order valence-corrected chi connectivity index (χ4v) is 1.63. The Kier molecular flexibility index (Phi) is 4.71. The van der Waals surface area contributed by atoms with Crippen LogP contribution in [0.3, 0.4) is 0 Å². The van der Waals surface area contributed by atoms with Gasteiger partial charge in [-0.3, -0.25) is 0 Å². The van der Waals surface area contributed by atoms with Crippen molar-refractivity contribution in [3.05, 3.63) is 41.7 Å². The Morgan fingerprint density at radius 1 is 1.19 bits per heavy atom. The lowest BCUT2D eigenvalue weighted by molar-refractivity contribution is 0.0689. The van der Waals surface area contributed by atoms with Crippen molar-refractivity contribution in [1.29, 1.82) is 0 Å². The van der Waals surface area contributed by atoms with Gasteiger partial charge in [0.05, 0.1) is 6.61 Å². The summed E-state index contributed by atoms with van der Waals surface area (Å²) in [5.74, 6) is 0.148. The van der Waals surface area contributed by atoms with Gasteiger partial charge in [0.1, 0.15) is 11.5 Å². The van der Waals surface area contributed by atoms with Gasteiger partial charge in [-0.25, -0.2) is 9.78 Å². The number of benzene rings is 1. The summed E-state index contributed by atoms with van der Waals surface area (Å²) in [4.78, 5) is 18.8. The van der Waals surface area contributed by atoms with Crippen LogP contribution < -0.4 is 9.47 Å². The molecule has 0 unspecified atom stereocenters. The van der Waals surface area contributed by atoms with Crippen LogP contribution in [0.25, 0.3) is 0 Å². The lowest BCUT2D eigenvalue weighted by Gasteiger charge is -2.07. The van der Waals surface area contributed by atoms with E-state index in [2.05, 4.69) is 9.97 Å². The van der Waals surface area contributed by atoms with Crippen LogP contribution in [0.15, 0.2) is 30.3 Å². The molecule has 0 amide bonds. The summed E-state index contributed by atoms with van der Waals surface area (Å²) >= 11 is 0. The van der Waals surface area contributed by atoms with E-state index in [9.17, 15) is 4.79 Å². The zero-order chi connectivity index (χ0) is 15.2. The van der Waals surface area contributed by atoms with Crippen LogP contribution in [0.1, 0.15) is 29.5 Å². The molecule has 0 bridgehead atoms. The van der Waals surface area contributed by atoms with E-state index in [1.54, 1.807) is 31.2 Å². The number of ether oxygens (including phenoxy) is 2. The van der Waals surface area contributed by atoms with E-state index in [1.165, 1.54) is 6.07 Å². The number of aromatic nitrogens is 2. The van der Waals surface area contributed by atoms with Crippen molar-refractivity contribution >= 4 is 5.97 Å². The molecule has 1 aromatic heterocycles. The van der Waals surface area contributed by atoms with Gasteiger partial charge in [0.2, 0.25) is 0 Å². The molecule has 0 atom stereocenters. The van der Waals surface area contributed by atoms with Gasteiger partial charge in [0.25, 0.3) is 0 Å². The normalized spacial score (nSPS) is 10.2. The molecule has 2 aromatic rings. The number of hydrogen-bond acceptors (Lipinski definition) is 5. The average Bonchev–Trinajstić information content (AvgIpc) is 2.46. The lowest BCUT2D eigenvalue weighted by atomic mass is 10.3. The fraction of sp³-hybridized carbons (Fsp3) is 0.267. The number of nitrogens with zero attached hydrogens (tertiary/aromatic N) is 2. The Labute approximate surface area is 122 Å². The number of hydrogen-bond donors (Lipinski definition) is 1. The number of aromatic carboxylic acids is 1. The van der Waals surface area contributed by atoms with Crippen molar-refractivity contribution in [2.24, 2.45) is 0 Å². The molecule has 0 spiro atoms. The molecule has 110 valence electrons. The zero-order valence-electron chi connectivity index (χ0n) is 11.9. The minimum Gasteiger partial charge on any atom is -0.494 e. The molecular weight excluding hydrogens is 272 g/mol. The Morgan fingerprint density at radius 3 is 2.48 bits per heavy atom. The number of carboxylic acids is 1. The quantitative estimate of drug-likeness (QED) is 0.879. The van der Waals surface area contributed by atoms with Gasteiger partial charge in [0.15, 0.2) is 5.69 Å². The standard InChI is InChI=1S/C15H16N2O4/c1-3-8-20-11-4-6-12(7-5-11)21-15-16-10(2)9-13(17-15)14(18)19/h4-7,9H,3,8H2,1-2H3,(H,18,19). The topological polar surface area (TPSA) is 81.5 Å². The van der Waals surface area contributed by atoms with E-state index in [0.717, 1.165) is 12.2 Å². The van der Waals surface area contributed by atoms with Crippen LogP contribution in [0.5, 0.6) is 17.5 Å². The fourth-order valence-electron chi connectivity index (χ4n) is 1.63. The van der Waals surface area contributed by atoms with Gasteiger partial charge >= 0.3 is 12.0 Å². The number of aryl methyl sites for hydroxylation is 1. The summed E-state index contributed by atoms with van der Waals surface area (Å²) in [6, 6.07) is 8.39. The molecule has 21 heavy (non-hydrogen) atoms. The molecule has 0 aliphatic carbocycles. The first kappa shape index (κ1) is 14.8. The summed E-state index contributed by atoms with van der Waals surface area (Å²) in [5.41, 5.74) is 0.431. The van der Waals surface area contributed by atoms with Crippen LogP contribution in [0.2, 0.25) is 0 Å². The Bertz CT molecular complexity index is 626. The molecule has 0 radical (unpaired) electrons. The van der Waals surface area contributed by atoms with E-state index in [1.807, 2.05) is 6.92 Å². The predicted octanol–water partition coefficient (Wildman–Crippen LogP) is 3.06. The molecule has 6 heteroatoms. The second-order valence-corrected chi connectivity index (χ2v) is 4.40. The highest BCUT2D eigenvalue weighted by Gasteiger charge is 2.10. The molecule has 0 saturated heterocycles. The summed E-state index contributed by atoms with van der Waals surface area (Å²) in [6.07, 6.45) is 0.938. The smallest absolute Gasteiger partial charge is 0.354 e. The third-order valence-electron chi connectivity index (χ3n) is 2.56. The predicted molar refractivity (Wildman–Crippen MR) is 76.0 cm³/mol. The van der Waals surface area contributed by atoms with Crippen molar-refractivity contribution in [3.8, 4) is 17.5 Å². The zero-order valence-corrected chi connectivity index (χ0v) is 11.9. The van der Waals surface area contributed by atoms with Gasteiger partial charge in [-0.2, -0.15) is 4.98 Å². The monoisotopic (exact) mass is 288 g/mol. The third-order valence-corrected chi connectivity index (χ3v) is 2.56. The number of carbonyl (C=O) groups is 1. The van der Waals surface area contributed by atoms with Gasteiger partial charge < -0.3 is 14.6 Å². The average molecular weight is 288 g/mol. The highest BCUT2D eigenvalue weighted by molar-refractivity contribution is 5.85. The molecule has 2 rings (SSSR count). The first-order chi connectivity index (χ1) is 10.1. The summed E-state index contributed by atoms with van der Waals surface area (Å²) < 4.78 is 10.9. The van der Waals surface area contributed by atoms with E-state index in [-0.39, 0.29) is 11.7 Å². The molecule has 0 saturated carbocycles. The third kappa shape index (κ3) is 4.17. The first-order valence-electron chi connectivity index (χ1n) is 6.58. The maximum atomic E-state index is 10.9. The van der Waals surface area contributed by atoms with Crippen molar-refractivity contribution in [3.63, 3.8) is 0 Å². The Morgan fingerprint density at radius 2 is 1.86 bits per heavy atom. The molecular formula is C15H16N2O4. The van der Waals surface area contributed by atoms with Crippen molar-refractivity contribution in [2.45, 2.75) is 20.3 Å². The van der Waals surface area contributed by atoms with Crippen LogP contribution in [-0.4, -0.2) is 27.7 Å². The number of rotatable bonds is 6. The van der Waals surface area contributed by atoms with E-state index in [4.69, 9.17) is 14.6 Å². The lowest BCUT2D eigenvalue weighted by Crippen LogP contribution is -2.04. The maximum absolute atomic E-state index is 10.9. The van der Waals surface area contributed by atoms with Crippen molar-refractivity contribution < 1.29 is 19.4 Å².